The Morgan fingerprint density at radius 2 is 0.922 bits per heavy atom. The summed E-state index contributed by atoms with van der Waals surface area (Å²) < 4.78 is 163. The number of aromatic nitrogens is 4. The number of carbonyl (C=O) groups is 2. The number of nitriles is 2. The number of halogens is 11. The van der Waals surface area contributed by atoms with Gasteiger partial charge in [0.2, 0.25) is 5.82 Å². The van der Waals surface area contributed by atoms with E-state index in [9.17, 15) is 71.1 Å². The number of benzene rings is 5. The van der Waals surface area contributed by atoms with Crippen LogP contribution in [0.1, 0.15) is 57.6 Å². The number of carboxylic acid groups (broad SMARTS) is 1. The Bertz CT molecular complexity index is 4480. The van der Waals surface area contributed by atoms with E-state index in [-0.39, 0.29) is 83.6 Å². The summed E-state index contributed by atoms with van der Waals surface area (Å²) in [4.78, 5) is 26.5. The molecule has 4 aromatic heterocycles. The van der Waals surface area contributed by atoms with Crippen LogP contribution < -0.4 is 64.6 Å². The number of nitrogens with two attached hydrogens (primary N) is 2. The number of nitrogens with zero attached hydrogens (tertiary/aromatic N) is 8. The number of nitrogens with one attached hydrogen (secondary N) is 6. The zero-order valence-electron chi connectivity index (χ0n) is 50.9. The second kappa shape index (κ2) is 50.0. The summed E-state index contributed by atoms with van der Waals surface area (Å²) in [6, 6.07) is 27.4. The average molecular weight is 1760 g/mol. The molecule has 0 radical (unpaired) electrons. The largest absolute Gasteiger partial charge is 1.00 e. The molecule has 30 nitrogen and oxygen atoms in total. The predicted octanol–water partition coefficient (Wildman–Crippen LogP) is 11.4. The minimum Gasteiger partial charge on any atom is -0.755 e. The fourth-order valence-electron chi connectivity index (χ4n) is 7.01. The maximum Gasteiger partial charge on any atom is 1.00 e. The van der Waals surface area contributed by atoms with Crippen molar-refractivity contribution >= 4 is 228 Å². The molecule has 0 fully saturated rings. The van der Waals surface area contributed by atoms with Crippen molar-refractivity contribution in [2.24, 2.45) is 11.5 Å². The molecule has 548 valence electrons. The van der Waals surface area contributed by atoms with Gasteiger partial charge < -0.3 is 74.0 Å². The number of aryl methyl sites for hydroxylation is 4. The number of anilines is 5. The first-order valence-electron chi connectivity index (χ1n) is 25.9. The molecule has 5 aromatic carbocycles. The normalized spacial score (nSPS) is 11.5. The van der Waals surface area contributed by atoms with Crippen molar-refractivity contribution in [1.82, 2.24) is 20.6 Å². The van der Waals surface area contributed by atoms with Gasteiger partial charge in [-0.1, -0.05) is 76.2 Å². The number of primary amides is 1. The molecular weight excluding hydrogens is 1720 g/mol. The van der Waals surface area contributed by atoms with E-state index < -0.39 is 102 Å². The molecule has 5 unspecified atom stereocenters. The van der Waals surface area contributed by atoms with Crippen molar-refractivity contribution in [3.63, 3.8) is 0 Å². The Kier molecular flexibility index (Phi) is 46.3. The van der Waals surface area contributed by atoms with Crippen molar-refractivity contribution in [3.8, 4) is 23.5 Å². The molecule has 0 bridgehead atoms. The first kappa shape index (κ1) is 95.4. The first-order chi connectivity index (χ1) is 47.9. The second-order valence-corrected chi connectivity index (χ2v) is 32.8. The van der Waals surface area contributed by atoms with E-state index in [1.165, 1.54) is 25.6 Å². The molecule has 0 aliphatic rings. The van der Waals surface area contributed by atoms with Crippen molar-refractivity contribution in [1.29, 1.82) is 10.5 Å². The van der Waals surface area contributed by atoms with Crippen molar-refractivity contribution < 1.29 is 106 Å². The summed E-state index contributed by atoms with van der Waals surface area (Å²) in [5, 5.41) is 43.0. The van der Waals surface area contributed by atoms with Crippen molar-refractivity contribution in [2.45, 2.75) is 32.2 Å². The fraction of sp³-hybridized carbons (Fsp3) is 0.0962. The monoisotopic (exact) mass is 1760 g/mol. The van der Waals surface area contributed by atoms with E-state index in [1.807, 2.05) is 60.6 Å². The van der Waals surface area contributed by atoms with Crippen LogP contribution in [0.25, 0.3) is 27.4 Å². The summed E-state index contributed by atoms with van der Waals surface area (Å²) in [5.74, 6) is -4.86. The van der Waals surface area contributed by atoms with Crippen LogP contribution in [-0.2, 0) is 93.1 Å². The van der Waals surface area contributed by atoms with Gasteiger partial charge in [0.25, 0.3) is 5.91 Å². The van der Waals surface area contributed by atoms with E-state index in [0.29, 0.717) is 34.9 Å². The van der Waals surface area contributed by atoms with E-state index in [4.69, 9.17) is 96.2 Å². The number of hydrogen-bond acceptors (Lipinski definition) is 22. The number of thiophene rings is 3. The quantitative estimate of drug-likeness (QED) is 0.00854. The summed E-state index contributed by atoms with van der Waals surface area (Å²) in [7, 11) is 0. The van der Waals surface area contributed by atoms with Gasteiger partial charge in [0.1, 0.15) is 23.5 Å². The molecule has 0 aliphatic heterocycles. The number of amides is 1. The summed E-state index contributed by atoms with van der Waals surface area (Å²) in [6.45, 7) is 0.678. The van der Waals surface area contributed by atoms with E-state index in [1.54, 1.807) is 58.3 Å². The van der Waals surface area contributed by atoms with Crippen LogP contribution >= 0.6 is 131 Å². The maximum atomic E-state index is 13.1. The van der Waals surface area contributed by atoms with Crippen LogP contribution in [-0.4, -0.2) is 81.4 Å². The van der Waals surface area contributed by atoms with Crippen molar-refractivity contribution in [2.75, 3.05) is 23.6 Å². The molecule has 9 aromatic rings. The van der Waals surface area contributed by atoms with Gasteiger partial charge in [-0.3, -0.25) is 35.3 Å². The predicted molar refractivity (Wildman–Crippen MR) is 389 cm³/mol. The average Bonchev–Trinajstić information content (AvgIpc) is 1.45. The van der Waals surface area contributed by atoms with Crippen LogP contribution in [0.3, 0.4) is 0 Å². The Balaban J connectivity index is 0.000000617. The van der Waals surface area contributed by atoms with Crippen LogP contribution in [0.15, 0.2) is 113 Å². The fourth-order valence-corrected chi connectivity index (χ4v) is 12.1. The summed E-state index contributed by atoms with van der Waals surface area (Å²) in [5.41, 5.74) is 25.3. The first-order valence-corrected chi connectivity index (χ1v) is 40.2. The van der Waals surface area contributed by atoms with Gasteiger partial charge in [0, 0.05) is 83.1 Å². The van der Waals surface area contributed by atoms with E-state index in [0.717, 1.165) is 66.8 Å². The van der Waals surface area contributed by atoms with Gasteiger partial charge in [0.05, 0.1) is 81.9 Å². The molecule has 51 heteroatoms. The van der Waals surface area contributed by atoms with E-state index >= 15 is 0 Å². The Hall–Kier alpha value is -5.65. The van der Waals surface area contributed by atoms with Gasteiger partial charge in [-0.2, -0.15) is 15.7 Å². The maximum absolute atomic E-state index is 13.1. The molecule has 0 saturated heterocycles. The number of carbonyl (C=O) groups excluding carboxylic acids is 1. The minimum absolute atomic E-state index is 0. The molecule has 5 atom stereocenters. The second-order valence-electron chi connectivity index (χ2n) is 17.7. The molecule has 1 amide bonds. The van der Waals surface area contributed by atoms with Crippen molar-refractivity contribution in [3.05, 3.63) is 220 Å². The van der Waals surface area contributed by atoms with Crippen LogP contribution in [0.2, 0.25) is 25.1 Å². The van der Waals surface area contributed by atoms with E-state index in [2.05, 4.69) is 75.9 Å². The number of carboxylic acids is 1. The van der Waals surface area contributed by atoms with Gasteiger partial charge in [-0.05, 0) is 171 Å². The smallest absolute Gasteiger partial charge is 0.755 e. The third-order valence-corrected chi connectivity index (χ3v) is 17.3. The van der Waals surface area contributed by atoms with Crippen LogP contribution in [0, 0.1) is 40.1 Å². The Labute approximate surface area is 668 Å². The van der Waals surface area contributed by atoms with Gasteiger partial charge in [-0.15, -0.1) is 44.2 Å². The molecule has 103 heavy (non-hydrogen) atoms. The minimum atomic E-state index is -3.22. The van der Waals surface area contributed by atoms with Crippen LogP contribution in [0.4, 0.5) is 41.6 Å². The molecule has 0 aliphatic carbocycles. The molecule has 0 spiro atoms. The Morgan fingerprint density at radius 3 is 1.26 bits per heavy atom. The van der Waals surface area contributed by atoms with Gasteiger partial charge in [-0.25, -0.2) is 18.0 Å². The number of aromatic carboxylic acids is 1. The molecule has 4 heterocycles. The Morgan fingerprint density at radius 1 is 0.583 bits per heavy atom. The van der Waals surface area contributed by atoms with Gasteiger partial charge >= 0.3 is 40.7 Å². The molecule has 0 saturated carbocycles. The molecular formula is C52H40Cl8F3N16NaO14PS8-5. The number of hydrogen-bond donors (Lipinski definition) is 9. The summed E-state index contributed by atoms with van der Waals surface area (Å²) >= 11 is 34.8. The number of rotatable bonds is 20. The zero-order chi connectivity index (χ0) is 77.0. The number of aromatic amines is 1. The standard InChI is InChI=1S/C13H12ClN5O2S2.C13H11ClN2O2S2.C7H6ClFN2O3S.C7H4ClFN2O2S.C7H5ClFNO4S.C5H7NS.Cl3OP.N3.Na/c14-11-6-8(3-4-9-2-1-5-22-9)10(13-15-18-19-16-13)7-12(11)17-23(20)21;14-12-6-9(3-4-11-2-1-5-19-11)10(8-15)7-13(12)16-20(17)18;8-4-2-5(9)3(7(10)12)1-6(4)11-15(13)14;8-5-2-6(9)4(3-10)1-7(5)11-14(12)13;8-4-2-5(9)3(7(11)12)1-6(4)10-15(13)14;6-4-5-2-1-3-7-5;1-5(2,3)4;1-3-2;/h1-2,5-7,17H,3-4H2,(H,20,21)(H,15,16,18,19);1-2,5-7,16H,3-4H2,(H,17,18);1-2,11H,(H2,10,12)(H,13,14);1-2,11H,(H,12,13);1-2,10H,(H,11,12)(H,13,14);1-3H,4,6H2;;;/q;;;;;;;-1;+1/p-5. The van der Waals surface area contributed by atoms with Gasteiger partial charge in [0.15, 0.2) is 0 Å². The third kappa shape index (κ3) is 37.9. The molecule has 11 N–H and O–H groups in total. The van der Waals surface area contributed by atoms with Crippen LogP contribution in [0.5, 0.6) is 0 Å². The summed E-state index contributed by atoms with van der Waals surface area (Å²) in [6.07, 6.45) is 3.08. The SMILES string of the molecule is N#Cc1cc(NS(=O)[O-])c(Cl)cc1CCc1cccs1.N#Cc1cc(NS(=O)[O-])c(Cl)cc1F.NC(=O)c1cc(NS(=O)[O-])c(Cl)cc1F.NCc1cccs1.O=C(O)c1cc(NS(=O)[O-])c(Cl)cc1F.O=P(Cl)(Cl)Cl.O=S([O-])Nc1cc(-c2nn[nH]n2)c(CCc2cccs2)cc1Cl.[N-]=[N+]=[N-].[Na+]. The number of H-pyrrole nitrogens is 1. The number of tetrazole rings is 1. The third-order valence-electron chi connectivity index (χ3n) is 11.1. The molecule has 9 rings (SSSR count). The zero-order valence-corrected chi connectivity index (χ0v) is 66.3. The topological polar surface area (TPSA) is 545 Å².